The minimum absolute atomic E-state index is 0.339. The van der Waals surface area contributed by atoms with Gasteiger partial charge in [-0.15, -0.1) is 0 Å². The van der Waals surface area contributed by atoms with Gasteiger partial charge in [-0.05, 0) is 33.2 Å². The summed E-state index contributed by atoms with van der Waals surface area (Å²) >= 11 is 15.3. The van der Waals surface area contributed by atoms with Crippen LogP contribution < -0.4 is 10.9 Å². The fourth-order valence-corrected chi connectivity index (χ4v) is 7.21. The predicted molar refractivity (Wildman–Crippen MR) is 152 cm³/mol. The highest BCUT2D eigenvalue weighted by molar-refractivity contribution is 7.55. The molecule has 3 aromatic carbocycles. The van der Waals surface area contributed by atoms with Gasteiger partial charge in [-0.1, -0.05) is 97.1 Å². The van der Waals surface area contributed by atoms with Crippen LogP contribution >= 0.6 is 22.9 Å². The highest BCUT2D eigenvalue weighted by Gasteiger charge is 2.71. The van der Waals surface area contributed by atoms with Crippen molar-refractivity contribution in [1.82, 2.24) is 0 Å². The molecule has 0 radical (unpaired) electrons. The number of hydrogen-bond acceptors (Lipinski definition) is 2. The van der Waals surface area contributed by atoms with E-state index in [4.69, 9.17) is 32.4 Å². The van der Waals surface area contributed by atoms with Gasteiger partial charge in [-0.3, -0.25) is 0 Å². The van der Waals surface area contributed by atoms with Crippen LogP contribution in [0.1, 0.15) is 27.7 Å². The summed E-state index contributed by atoms with van der Waals surface area (Å²) in [6, 6.07) is 32.3. The monoisotopic (exact) mass is 520 g/mol. The third kappa shape index (κ3) is 3.77. The maximum absolute atomic E-state index is 7.75. The molecule has 0 amide bonds. The third-order valence-electron chi connectivity index (χ3n) is 7.44. The highest BCUT2D eigenvalue weighted by Crippen LogP contribution is 2.40. The summed E-state index contributed by atoms with van der Waals surface area (Å²) in [6.45, 7) is 9.67. The molecule has 0 saturated carbocycles. The smallest absolute Gasteiger partial charge is 0.476 e. The van der Waals surface area contributed by atoms with Gasteiger partial charge >= 0.3 is 11.4 Å². The van der Waals surface area contributed by atoms with E-state index in [2.05, 4.69) is 48.8 Å². The van der Waals surface area contributed by atoms with Crippen molar-refractivity contribution in [2.24, 2.45) is 0 Å². The van der Waals surface area contributed by atoms with Crippen LogP contribution in [-0.4, -0.2) is 56.3 Å². The molecule has 186 valence electrons. The van der Waals surface area contributed by atoms with Crippen LogP contribution in [0.2, 0.25) is 0 Å². The molecule has 0 unspecified atom stereocenters. The van der Waals surface area contributed by atoms with Gasteiger partial charge in [0, 0.05) is 0 Å². The fourth-order valence-electron chi connectivity index (χ4n) is 5.86. The molecule has 0 bridgehead atoms. The van der Waals surface area contributed by atoms with Crippen molar-refractivity contribution in [3.05, 3.63) is 97.1 Å². The zero-order valence-electron chi connectivity index (χ0n) is 21.3. The van der Waals surface area contributed by atoms with E-state index in [1.54, 1.807) is 0 Å². The van der Waals surface area contributed by atoms with Crippen LogP contribution in [-0.2, 0) is 9.47 Å². The van der Waals surface area contributed by atoms with Gasteiger partial charge in [0.15, 0.2) is 0 Å². The number of nitrogens with zero attached hydrogens (tertiary/aromatic N) is 2. The lowest BCUT2D eigenvalue weighted by Crippen LogP contribution is -2.78. The Morgan fingerprint density at radius 2 is 0.917 bits per heavy atom. The SMILES string of the molecule is CC1(C)COC2=[N+]1[B-](Cl)(c1ccccc1)[N+]1=C(OCC1(C)C)[B-]2(Cl)c1ccccc1.c1ccccc1. The van der Waals surface area contributed by atoms with E-state index in [1.165, 1.54) is 0 Å². The first-order valence-corrected chi connectivity index (χ1v) is 13.4. The molecular weight excluding hydrogens is 489 g/mol. The van der Waals surface area contributed by atoms with Crippen LogP contribution in [0.5, 0.6) is 0 Å². The Kier molecular flexibility index (Phi) is 6.25. The standard InChI is InChI=1S/C22H26B2Cl2N2O2.C6H6/c1-21(2)15-29-19-23(25,17-11-7-5-8-12-17)20-28(22(3,4)16-30-20)24(26,27(19)21)18-13-9-6-10-14-18;1-2-4-6-5-3-1/h5-14H,15-16H2,1-4H3;1-6H. The Balaban J connectivity index is 0.000000391. The molecular formula is C28H32B2Cl2N2O2. The molecule has 8 heteroatoms. The molecule has 4 nitrogen and oxygen atoms in total. The first-order chi connectivity index (χ1) is 17.1. The molecule has 3 aliphatic heterocycles. The number of hydrogen-bond donors (Lipinski definition) is 0. The zero-order chi connectivity index (χ0) is 25.6. The lowest BCUT2D eigenvalue weighted by atomic mass is 9.38. The summed E-state index contributed by atoms with van der Waals surface area (Å²) < 4.78 is 17.2. The highest BCUT2D eigenvalue weighted by atomic mass is 35.5. The lowest BCUT2D eigenvalue weighted by molar-refractivity contribution is -0.590. The Morgan fingerprint density at radius 1 is 0.583 bits per heavy atom. The lowest BCUT2D eigenvalue weighted by Gasteiger charge is -2.45. The Bertz CT molecular complexity index is 1240. The number of ether oxygens (including phenoxy) is 2. The summed E-state index contributed by atoms with van der Waals surface area (Å²) in [4.78, 5) is 0. The van der Waals surface area contributed by atoms with Gasteiger partial charge in [0.1, 0.15) is 35.9 Å². The van der Waals surface area contributed by atoms with Crippen LogP contribution in [0.15, 0.2) is 97.1 Å². The van der Waals surface area contributed by atoms with Crippen LogP contribution in [0.25, 0.3) is 0 Å². The minimum atomic E-state index is -1.96. The number of benzene rings is 3. The molecule has 3 heterocycles. The molecule has 0 spiro atoms. The van der Waals surface area contributed by atoms with Crippen LogP contribution in [0.4, 0.5) is 0 Å². The molecule has 0 N–H and O–H groups in total. The van der Waals surface area contributed by atoms with Crippen molar-refractivity contribution in [3.63, 3.8) is 0 Å². The number of halogens is 2. The maximum Gasteiger partial charge on any atom is 0.653 e. The molecule has 0 aromatic heterocycles. The maximum atomic E-state index is 7.75. The second-order valence-corrected chi connectivity index (χ2v) is 12.3. The summed E-state index contributed by atoms with van der Waals surface area (Å²) in [5.41, 5.74) is -0.647. The summed E-state index contributed by atoms with van der Waals surface area (Å²) in [7, 11) is 0. The van der Waals surface area contributed by atoms with E-state index in [9.17, 15) is 0 Å². The van der Waals surface area contributed by atoms with E-state index < -0.39 is 11.4 Å². The fraction of sp³-hybridized carbons (Fsp3) is 0.286. The van der Waals surface area contributed by atoms with Crippen molar-refractivity contribution in [2.75, 3.05) is 13.2 Å². The Labute approximate surface area is 223 Å². The Morgan fingerprint density at radius 3 is 1.31 bits per heavy atom. The van der Waals surface area contributed by atoms with Crippen molar-refractivity contribution in [1.29, 1.82) is 0 Å². The molecule has 3 aromatic rings. The Hall–Kier alpha value is -2.69. The minimum Gasteiger partial charge on any atom is -0.476 e. The molecule has 36 heavy (non-hydrogen) atoms. The van der Waals surface area contributed by atoms with E-state index >= 15 is 0 Å². The second-order valence-electron chi connectivity index (χ2n) is 11.0. The van der Waals surface area contributed by atoms with Gasteiger partial charge in [0.05, 0.1) is 0 Å². The van der Waals surface area contributed by atoms with Crippen LogP contribution in [0.3, 0.4) is 0 Å². The summed E-state index contributed by atoms with van der Waals surface area (Å²) in [5.74, 6) is -0.515. The molecule has 3 aliphatic rings. The molecule has 0 atom stereocenters. The average molecular weight is 521 g/mol. The van der Waals surface area contributed by atoms with E-state index in [1.807, 2.05) is 84.9 Å². The van der Waals surface area contributed by atoms with Gasteiger partial charge < -0.3 is 29.9 Å². The van der Waals surface area contributed by atoms with E-state index in [-0.39, 0.29) is 11.1 Å². The summed E-state index contributed by atoms with van der Waals surface area (Å²) in [5, 5.41) is 0. The molecule has 6 rings (SSSR count). The van der Waals surface area contributed by atoms with Crippen molar-refractivity contribution in [3.8, 4) is 0 Å². The number of rotatable bonds is 2. The van der Waals surface area contributed by atoms with Crippen LogP contribution in [0, 0.1) is 0 Å². The first-order valence-electron chi connectivity index (χ1n) is 12.5. The van der Waals surface area contributed by atoms with Crippen molar-refractivity contribution in [2.45, 2.75) is 38.8 Å². The third-order valence-corrected chi connectivity index (χ3v) is 8.71. The van der Waals surface area contributed by atoms with Crippen molar-refractivity contribution < 1.29 is 18.4 Å². The molecule has 0 fully saturated rings. The van der Waals surface area contributed by atoms with Crippen molar-refractivity contribution >= 4 is 56.8 Å². The topological polar surface area (TPSA) is 24.5 Å². The van der Waals surface area contributed by atoms with E-state index in [0.29, 0.717) is 24.8 Å². The zero-order valence-corrected chi connectivity index (χ0v) is 22.8. The second kappa shape index (κ2) is 9.00. The average Bonchev–Trinajstić information content (AvgIpc) is 3.41. The van der Waals surface area contributed by atoms with Gasteiger partial charge in [0.2, 0.25) is 0 Å². The largest absolute Gasteiger partial charge is 0.653 e. The normalized spacial score (nSPS) is 27.3. The quantitative estimate of drug-likeness (QED) is 0.468. The van der Waals surface area contributed by atoms with Gasteiger partial charge in [0.25, 0.3) is 0 Å². The first kappa shape index (κ1) is 25.0. The molecule has 0 aliphatic carbocycles. The van der Waals surface area contributed by atoms with Gasteiger partial charge in [-0.2, -0.15) is 5.46 Å². The van der Waals surface area contributed by atoms with E-state index in [0.717, 1.165) is 10.9 Å². The van der Waals surface area contributed by atoms with Gasteiger partial charge in [-0.25, -0.2) is 11.5 Å². The molecule has 0 saturated heterocycles. The summed E-state index contributed by atoms with van der Waals surface area (Å²) in [6.07, 6.45) is 0. The predicted octanol–water partition coefficient (Wildman–Crippen LogP) is 4.38.